The van der Waals surface area contributed by atoms with Gasteiger partial charge in [0.25, 0.3) is 0 Å². The average molecular weight is 361 g/mol. The van der Waals surface area contributed by atoms with Crippen LogP contribution in [-0.4, -0.2) is 31.8 Å². The largest absolute Gasteiger partial charge is 0.305 e. The summed E-state index contributed by atoms with van der Waals surface area (Å²) in [5.74, 6) is 0. The molecular weight excluding hydrogens is 334 g/mol. The highest BCUT2D eigenvalue weighted by Crippen LogP contribution is 2.35. The van der Waals surface area contributed by atoms with Crippen molar-refractivity contribution < 1.29 is 0 Å². The van der Waals surface area contributed by atoms with E-state index in [4.69, 9.17) is 0 Å². The van der Waals surface area contributed by atoms with Crippen molar-refractivity contribution in [1.29, 1.82) is 0 Å². The molecule has 1 aliphatic rings. The monoisotopic (exact) mass is 361 g/mol. The van der Waals surface area contributed by atoms with Crippen LogP contribution in [0.3, 0.4) is 0 Å². The van der Waals surface area contributed by atoms with Gasteiger partial charge in [-0.1, -0.05) is 13.0 Å². The van der Waals surface area contributed by atoms with Gasteiger partial charge in [0.15, 0.2) is 0 Å². The maximum atomic E-state index is 4.55. The van der Waals surface area contributed by atoms with Crippen molar-refractivity contribution in [2.75, 3.05) is 7.05 Å². The molecule has 140 valence electrons. The van der Waals surface area contributed by atoms with E-state index < -0.39 is 0 Å². The lowest BCUT2D eigenvalue weighted by Crippen LogP contribution is -2.34. The smallest absolute Gasteiger partial charge is 0.0740 e. The number of hydrazine groups is 1. The van der Waals surface area contributed by atoms with Crippen LogP contribution in [0.1, 0.15) is 42.4 Å². The van der Waals surface area contributed by atoms with E-state index in [0.717, 1.165) is 24.4 Å². The second kappa shape index (κ2) is 6.82. The summed E-state index contributed by atoms with van der Waals surface area (Å²) in [7, 11) is 4.17. The average Bonchev–Trinajstić information content (AvgIpc) is 3.11. The number of aromatic nitrogens is 3. The zero-order valence-corrected chi connectivity index (χ0v) is 16.8. The molecule has 4 rings (SSSR count). The molecule has 0 N–H and O–H groups in total. The van der Waals surface area contributed by atoms with Gasteiger partial charge in [0.2, 0.25) is 0 Å². The van der Waals surface area contributed by atoms with Gasteiger partial charge in [-0.2, -0.15) is 5.10 Å². The summed E-state index contributed by atoms with van der Waals surface area (Å²) in [5, 5.41) is 10.5. The van der Waals surface area contributed by atoms with Crippen LogP contribution < -0.4 is 0 Å². The Hall–Kier alpha value is -2.66. The van der Waals surface area contributed by atoms with Crippen LogP contribution in [0.2, 0.25) is 0 Å². The lowest BCUT2D eigenvalue weighted by molar-refractivity contribution is 0.0269. The topological polar surface area (TPSA) is 37.2 Å². The molecule has 27 heavy (non-hydrogen) atoms. The molecule has 0 fully saturated rings. The summed E-state index contributed by atoms with van der Waals surface area (Å²) in [6, 6.07) is 11.2. The van der Waals surface area contributed by atoms with Crippen LogP contribution in [-0.2, 0) is 20.0 Å². The van der Waals surface area contributed by atoms with Gasteiger partial charge in [-0.05, 0) is 61.7 Å². The predicted molar refractivity (Wildman–Crippen MR) is 109 cm³/mol. The van der Waals surface area contributed by atoms with Gasteiger partial charge in [0.05, 0.1) is 23.8 Å². The van der Waals surface area contributed by atoms with Crippen LogP contribution >= 0.6 is 0 Å². The lowest BCUT2D eigenvalue weighted by atomic mass is 10.0. The van der Waals surface area contributed by atoms with Gasteiger partial charge in [0, 0.05) is 37.1 Å². The third kappa shape index (κ3) is 3.12. The van der Waals surface area contributed by atoms with Gasteiger partial charge in [-0.3, -0.25) is 9.67 Å². The minimum absolute atomic E-state index is 0.237. The van der Waals surface area contributed by atoms with Gasteiger partial charge in [-0.25, -0.2) is 5.01 Å². The zero-order valence-electron chi connectivity index (χ0n) is 16.8. The highest BCUT2D eigenvalue weighted by atomic mass is 15.6. The molecule has 0 aliphatic carbocycles. The molecule has 3 aromatic rings. The fraction of sp³-hybridized carbons (Fsp3) is 0.364. The number of likely N-dealkylation sites (N-methyl/N-ethyl adjacent to an activating group) is 1. The molecule has 1 aliphatic heterocycles. The highest BCUT2D eigenvalue weighted by molar-refractivity contribution is 5.82. The Labute approximate surface area is 160 Å². The van der Waals surface area contributed by atoms with E-state index in [-0.39, 0.29) is 6.04 Å². The predicted octanol–water partition coefficient (Wildman–Crippen LogP) is 4.15. The van der Waals surface area contributed by atoms with Crippen molar-refractivity contribution in [3.63, 3.8) is 0 Å². The first kappa shape index (κ1) is 17.7. The van der Waals surface area contributed by atoms with E-state index in [1.54, 1.807) is 0 Å². The summed E-state index contributed by atoms with van der Waals surface area (Å²) >= 11 is 0. The van der Waals surface area contributed by atoms with Crippen LogP contribution in [0.5, 0.6) is 0 Å². The quantitative estimate of drug-likeness (QED) is 0.700. The number of hydrogen-bond donors (Lipinski definition) is 0. The molecule has 1 atom stereocenters. The fourth-order valence-corrected chi connectivity index (χ4v) is 4.00. The molecule has 0 bridgehead atoms. The molecule has 5 heteroatoms. The van der Waals surface area contributed by atoms with E-state index in [2.05, 4.69) is 84.3 Å². The van der Waals surface area contributed by atoms with E-state index in [1.807, 2.05) is 17.9 Å². The molecule has 0 saturated carbocycles. The van der Waals surface area contributed by atoms with Crippen molar-refractivity contribution in [3.8, 4) is 0 Å². The zero-order chi connectivity index (χ0) is 19.1. The maximum absolute atomic E-state index is 4.55. The molecule has 2 aromatic heterocycles. The Morgan fingerprint density at radius 3 is 2.67 bits per heavy atom. The summed E-state index contributed by atoms with van der Waals surface area (Å²) in [6.07, 6.45) is 5.22. The Kier molecular flexibility index (Phi) is 4.48. The molecule has 1 aromatic carbocycles. The Balaban J connectivity index is 1.61. The molecule has 0 amide bonds. The first-order valence-electron chi connectivity index (χ1n) is 9.53. The minimum atomic E-state index is 0.237. The Morgan fingerprint density at radius 1 is 1.07 bits per heavy atom. The van der Waals surface area contributed by atoms with E-state index >= 15 is 0 Å². The molecule has 1 unspecified atom stereocenters. The van der Waals surface area contributed by atoms with Gasteiger partial charge < -0.3 is 5.01 Å². The first-order chi connectivity index (χ1) is 13.0. The van der Waals surface area contributed by atoms with Crippen LogP contribution in [0, 0.1) is 6.92 Å². The van der Waals surface area contributed by atoms with Crippen molar-refractivity contribution in [3.05, 3.63) is 70.8 Å². The van der Waals surface area contributed by atoms with E-state index in [9.17, 15) is 0 Å². The molecule has 0 spiro atoms. The standard InChI is InChI=1S/C22H27N5/c1-6-19-12-17(9-10-23-19)14-27-15(2)11-22(26(27)5)18-7-8-21-20(13-18)16(3)24-25(21)4/h7-13,22H,6,14H2,1-5H3. The number of benzene rings is 1. The minimum Gasteiger partial charge on any atom is -0.305 e. The van der Waals surface area contributed by atoms with E-state index in [0.29, 0.717) is 0 Å². The molecule has 0 radical (unpaired) electrons. The summed E-state index contributed by atoms with van der Waals surface area (Å²) in [5.41, 5.74) is 7.27. The van der Waals surface area contributed by atoms with Crippen molar-refractivity contribution in [1.82, 2.24) is 24.8 Å². The number of allylic oxidation sites excluding steroid dienone is 1. The van der Waals surface area contributed by atoms with Gasteiger partial charge in [0.1, 0.15) is 0 Å². The number of pyridine rings is 1. The highest BCUT2D eigenvalue weighted by Gasteiger charge is 2.28. The van der Waals surface area contributed by atoms with Gasteiger partial charge >= 0.3 is 0 Å². The number of hydrogen-bond acceptors (Lipinski definition) is 4. The second-order valence-corrected chi connectivity index (χ2v) is 7.38. The Bertz CT molecular complexity index is 1020. The number of rotatable bonds is 4. The van der Waals surface area contributed by atoms with Crippen molar-refractivity contribution >= 4 is 10.9 Å². The van der Waals surface area contributed by atoms with Crippen molar-refractivity contribution in [2.45, 2.75) is 39.8 Å². The van der Waals surface area contributed by atoms with Crippen LogP contribution in [0.15, 0.2) is 48.3 Å². The summed E-state index contributed by atoms with van der Waals surface area (Å²) < 4.78 is 1.95. The van der Waals surface area contributed by atoms with Crippen LogP contribution in [0.25, 0.3) is 10.9 Å². The normalized spacial score (nSPS) is 17.7. The molecular formula is C22H27N5. The summed E-state index contributed by atoms with van der Waals surface area (Å²) in [6.45, 7) is 7.27. The number of nitrogens with zero attached hydrogens (tertiary/aromatic N) is 5. The number of fused-ring (bicyclic) bond motifs is 1. The first-order valence-corrected chi connectivity index (χ1v) is 9.53. The third-order valence-electron chi connectivity index (χ3n) is 5.57. The van der Waals surface area contributed by atoms with Gasteiger partial charge in [-0.15, -0.1) is 0 Å². The molecule has 0 saturated heterocycles. The fourth-order valence-electron chi connectivity index (χ4n) is 4.00. The van der Waals surface area contributed by atoms with Crippen LogP contribution in [0.4, 0.5) is 0 Å². The lowest BCUT2D eigenvalue weighted by Gasteiger charge is -2.32. The Morgan fingerprint density at radius 2 is 1.89 bits per heavy atom. The molecule has 5 nitrogen and oxygen atoms in total. The number of aryl methyl sites for hydroxylation is 3. The second-order valence-electron chi connectivity index (χ2n) is 7.38. The maximum Gasteiger partial charge on any atom is 0.0740 e. The summed E-state index contributed by atoms with van der Waals surface area (Å²) in [4.78, 5) is 4.42. The SMILES string of the molecule is CCc1cc(CN2C(C)=CC(c3ccc4c(c3)c(C)nn4C)N2C)ccn1. The third-order valence-corrected chi connectivity index (χ3v) is 5.57. The van der Waals surface area contributed by atoms with E-state index in [1.165, 1.54) is 27.7 Å². The van der Waals surface area contributed by atoms with Crippen molar-refractivity contribution in [2.24, 2.45) is 7.05 Å². The molecule has 3 heterocycles.